The van der Waals surface area contributed by atoms with Gasteiger partial charge in [0.15, 0.2) is 11.5 Å². The van der Waals surface area contributed by atoms with Crippen molar-refractivity contribution in [1.82, 2.24) is 10.2 Å². The van der Waals surface area contributed by atoms with Crippen LogP contribution in [-0.2, 0) is 26.2 Å². The summed E-state index contributed by atoms with van der Waals surface area (Å²) in [6.07, 6.45) is 0.248. The van der Waals surface area contributed by atoms with Gasteiger partial charge in [0.1, 0.15) is 24.1 Å². The molecule has 0 heterocycles. The molecule has 0 aliphatic carbocycles. The van der Waals surface area contributed by atoms with E-state index >= 15 is 0 Å². The van der Waals surface area contributed by atoms with Crippen LogP contribution in [0.2, 0.25) is 10.0 Å². The van der Waals surface area contributed by atoms with Gasteiger partial charge >= 0.3 is 0 Å². The monoisotopic (exact) mass is 667 g/mol. The number of hydrogen-bond acceptors (Lipinski definition) is 8. The molecule has 14 heteroatoms. The van der Waals surface area contributed by atoms with E-state index in [0.717, 1.165) is 4.31 Å². The highest BCUT2D eigenvalue weighted by Gasteiger charge is 2.35. The number of anilines is 1. The van der Waals surface area contributed by atoms with Crippen molar-refractivity contribution in [3.63, 3.8) is 0 Å². The van der Waals surface area contributed by atoms with E-state index in [1.54, 1.807) is 31.2 Å². The maximum Gasteiger partial charge on any atom is 0.265 e. The van der Waals surface area contributed by atoms with Crippen LogP contribution in [0.3, 0.4) is 0 Å². The lowest BCUT2D eigenvalue weighted by atomic mass is 10.1. The molecule has 1 N–H and O–H groups in total. The number of nitrogens with one attached hydrogen (secondary N) is 1. The molecular weight excluding hydrogens is 633 g/mol. The van der Waals surface area contributed by atoms with Crippen LogP contribution in [0.15, 0.2) is 59.5 Å². The number of carbonyl (C=O) groups excluding carboxylic acids is 2. The Labute approximate surface area is 267 Å². The van der Waals surface area contributed by atoms with E-state index in [2.05, 4.69) is 5.32 Å². The predicted molar refractivity (Wildman–Crippen MR) is 169 cm³/mol. The smallest absolute Gasteiger partial charge is 0.265 e. The highest BCUT2D eigenvalue weighted by Crippen LogP contribution is 2.38. The third kappa shape index (κ3) is 7.61. The van der Waals surface area contributed by atoms with E-state index in [9.17, 15) is 18.0 Å². The number of methoxy groups -OCH3 is 4. The van der Waals surface area contributed by atoms with Gasteiger partial charge in [0.05, 0.1) is 49.1 Å². The number of benzene rings is 3. The molecule has 1 atom stereocenters. The topological polar surface area (TPSA) is 124 Å². The first-order valence-corrected chi connectivity index (χ1v) is 15.6. The van der Waals surface area contributed by atoms with E-state index in [-0.39, 0.29) is 40.1 Å². The Balaban J connectivity index is 2.20. The lowest BCUT2D eigenvalue weighted by molar-refractivity contribution is -0.140. The van der Waals surface area contributed by atoms with Gasteiger partial charge in [-0.05, 0) is 48.4 Å². The van der Waals surface area contributed by atoms with Crippen LogP contribution in [0.25, 0.3) is 0 Å². The molecule has 3 aromatic carbocycles. The molecule has 44 heavy (non-hydrogen) atoms. The molecule has 0 bridgehead atoms. The van der Waals surface area contributed by atoms with Crippen molar-refractivity contribution in [3.05, 3.63) is 70.2 Å². The largest absolute Gasteiger partial charge is 0.497 e. The molecule has 3 rings (SSSR count). The lowest BCUT2D eigenvalue weighted by Gasteiger charge is -2.33. The van der Waals surface area contributed by atoms with Crippen molar-refractivity contribution in [3.8, 4) is 23.0 Å². The number of nitrogens with zero attached hydrogens (tertiary/aromatic N) is 2. The van der Waals surface area contributed by atoms with Crippen LogP contribution >= 0.6 is 23.2 Å². The normalized spacial score (nSPS) is 11.7. The molecule has 0 aliphatic heterocycles. The van der Waals surface area contributed by atoms with Gasteiger partial charge in [-0.3, -0.25) is 13.9 Å². The molecule has 0 saturated heterocycles. The minimum Gasteiger partial charge on any atom is -0.497 e. The van der Waals surface area contributed by atoms with E-state index in [0.29, 0.717) is 22.1 Å². The molecule has 0 radical (unpaired) electrons. The van der Waals surface area contributed by atoms with Crippen molar-refractivity contribution in [2.45, 2.75) is 30.8 Å². The van der Waals surface area contributed by atoms with E-state index in [1.165, 1.54) is 70.7 Å². The lowest BCUT2D eigenvalue weighted by Crippen LogP contribution is -2.51. The zero-order valence-electron chi connectivity index (χ0n) is 25.2. The maximum atomic E-state index is 14.3. The van der Waals surface area contributed by atoms with Crippen LogP contribution in [0, 0.1) is 0 Å². The summed E-state index contributed by atoms with van der Waals surface area (Å²) >= 11 is 12.3. The zero-order valence-corrected chi connectivity index (χ0v) is 27.5. The van der Waals surface area contributed by atoms with Gasteiger partial charge in [0, 0.05) is 25.7 Å². The van der Waals surface area contributed by atoms with Gasteiger partial charge < -0.3 is 29.2 Å². The summed E-state index contributed by atoms with van der Waals surface area (Å²) in [4.78, 5) is 28.3. The standard InChI is InChI=1S/C30H35Cl2N3O8S/c1-7-24(30(37)33-2)34(17-19-8-11-22(31)23(32)14-19)29(36)18-35(25-15-20(40-3)9-12-26(25)41-4)44(38,39)21-10-13-27(42-5)28(16-21)43-6/h8-16,24H,7,17-18H2,1-6H3,(H,33,37)/t24-/m1/s1. The molecule has 3 aromatic rings. The second-order valence-corrected chi connectivity index (χ2v) is 12.1. The Morgan fingerprint density at radius 2 is 1.50 bits per heavy atom. The Kier molecular flexibility index (Phi) is 12.0. The van der Waals surface area contributed by atoms with Crippen LogP contribution in [-0.4, -0.2) is 73.2 Å². The Hall–Kier alpha value is -3.87. The van der Waals surface area contributed by atoms with E-state index < -0.39 is 34.4 Å². The fraction of sp³-hybridized carbons (Fsp3) is 0.333. The maximum absolute atomic E-state index is 14.3. The van der Waals surface area contributed by atoms with Gasteiger partial charge in [0.2, 0.25) is 11.8 Å². The molecule has 2 amide bonds. The minimum atomic E-state index is -4.47. The van der Waals surface area contributed by atoms with Gasteiger partial charge in [-0.2, -0.15) is 0 Å². The quantitative estimate of drug-likeness (QED) is 0.261. The van der Waals surface area contributed by atoms with Gasteiger partial charge in [-0.25, -0.2) is 8.42 Å². The molecule has 0 unspecified atom stereocenters. The minimum absolute atomic E-state index is 0.0393. The first-order valence-electron chi connectivity index (χ1n) is 13.4. The molecular formula is C30H35Cl2N3O8S. The number of likely N-dealkylation sites (N-methyl/N-ethyl adjacent to an activating group) is 1. The van der Waals surface area contributed by atoms with Crippen molar-refractivity contribution < 1.29 is 37.0 Å². The van der Waals surface area contributed by atoms with Crippen molar-refractivity contribution in [2.24, 2.45) is 0 Å². The summed E-state index contributed by atoms with van der Waals surface area (Å²) < 4.78 is 51.1. The van der Waals surface area contributed by atoms with Crippen molar-refractivity contribution >= 4 is 50.7 Å². The van der Waals surface area contributed by atoms with Crippen LogP contribution in [0.1, 0.15) is 18.9 Å². The molecule has 0 aliphatic rings. The fourth-order valence-electron chi connectivity index (χ4n) is 4.53. The highest BCUT2D eigenvalue weighted by atomic mass is 35.5. The highest BCUT2D eigenvalue weighted by molar-refractivity contribution is 7.92. The number of ether oxygens (including phenoxy) is 4. The van der Waals surface area contributed by atoms with Crippen molar-refractivity contribution in [1.29, 1.82) is 0 Å². The fourth-order valence-corrected chi connectivity index (χ4v) is 6.28. The summed E-state index contributed by atoms with van der Waals surface area (Å²) in [7, 11) is 2.61. The summed E-state index contributed by atoms with van der Waals surface area (Å²) in [5.74, 6) is -0.113. The predicted octanol–water partition coefficient (Wildman–Crippen LogP) is 4.78. The summed E-state index contributed by atoms with van der Waals surface area (Å²) in [6, 6.07) is 12.6. The first-order chi connectivity index (χ1) is 20.9. The molecule has 0 spiro atoms. The summed E-state index contributed by atoms with van der Waals surface area (Å²) in [5.41, 5.74) is 0.626. The second kappa shape index (κ2) is 15.2. The van der Waals surface area contributed by atoms with Gasteiger partial charge in [0.25, 0.3) is 10.0 Å². The van der Waals surface area contributed by atoms with Crippen LogP contribution in [0.5, 0.6) is 23.0 Å². The van der Waals surface area contributed by atoms with E-state index in [4.69, 9.17) is 42.1 Å². The number of sulfonamides is 1. The first kappa shape index (κ1) is 34.6. The average molecular weight is 669 g/mol. The number of amides is 2. The zero-order chi connectivity index (χ0) is 32.6. The third-order valence-corrected chi connectivity index (χ3v) is 9.34. The average Bonchev–Trinajstić information content (AvgIpc) is 3.03. The Morgan fingerprint density at radius 3 is 2.07 bits per heavy atom. The summed E-state index contributed by atoms with van der Waals surface area (Å²) in [5, 5.41) is 3.17. The van der Waals surface area contributed by atoms with Crippen LogP contribution in [0.4, 0.5) is 5.69 Å². The SMILES string of the molecule is CC[C@H](C(=O)NC)N(Cc1ccc(Cl)c(Cl)c1)C(=O)CN(c1cc(OC)ccc1OC)S(=O)(=O)c1ccc(OC)c(OC)c1. The molecule has 238 valence electrons. The van der Waals surface area contributed by atoms with Gasteiger partial charge in [-0.1, -0.05) is 36.2 Å². The molecule has 0 aromatic heterocycles. The van der Waals surface area contributed by atoms with E-state index in [1.807, 2.05) is 0 Å². The number of rotatable bonds is 14. The van der Waals surface area contributed by atoms with Crippen molar-refractivity contribution in [2.75, 3.05) is 46.3 Å². The molecule has 0 fully saturated rings. The number of halogens is 2. The van der Waals surface area contributed by atoms with Gasteiger partial charge in [-0.15, -0.1) is 0 Å². The second-order valence-electron chi connectivity index (χ2n) is 9.37. The Morgan fingerprint density at radius 1 is 0.841 bits per heavy atom. The number of hydrogen-bond donors (Lipinski definition) is 1. The number of carbonyl (C=O) groups is 2. The van der Waals surface area contributed by atoms with Crippen LogP contribution < -0.4 is 28.6 Å². The molecule has 11 nitrogen and oxygen atoms in total. The third-order valence-electron chi connectivity index (χ3n) is 6.85. The summed E-state index contributed by atoms with van der Waals surface area (Å²) in [6.45, 7) is 0.994. The Bertz CT molecular complexity index is 1600. The molecule has 0 saturated carbocycles.